The second kappa shape index (κ2) is 7.63. The topological polar surface area (TPSA) is 63.2 Å². The molecule has 0 fully saturated rings. The Labute approximate surface area is 137 Å². The molecule has 1 unspecified atom stereocenters. The Hall–Kier alpha value is -2.56. The molecule has 1 aromatic heterocycles. The predicted molar refractivity (Wildman–Crippen MR) is 90.5 cm³/mol. The highest BCUT2D eigenvalue weighted by atomic mass is 16.5. The van der Waals surface area contributed by atoms with E-state index in [1.807, 2.05) is 26.8 Å². The second-order valence-electron chi connectivity index (χ2n) is 5.62. The van der Waals surface area contributed by atoms with E-state index in [1.54, 1.807) is 19.4 Å². The lowest BCUT2D eigenvalue weighted by molar-refractivity contribution is 0.237. The first-order chi connectivity index (χ1) is 11.0. The molecule has 2 aromatic rings. The first-order valence-electron chi connectivity index (χ1n) is 7.60. The summed E-state index contributed by atoms with van der Waals surface area (Å²) in [5, 5.41) is 5.80. The zero-order valence-electron chi connectivity index (χ0n) is 14.0. The van der Waals surface area contributed by atoms with Gasteiger partial charge in [0.15, 0.2) is 0 Å². The SMILES string of the molecule is COc1ccc(CNC(=O)NC(C)c2cc(C)ccc2C)cn1. The van der Waals surface area contributed by atoms with Crippen LogP contribution in [0.15, 0.2) is 36.5 Å². The van der Waals surface area contributed by atoms with Gasteiger partial charge in [0.05, 0.1) is 13.2 Å². The maximum absolute atomic E-state index is 12.1. The molecule has 5 nitrogen and oxygen atoms in total. The molecular formula is C18H23N3O2. The van der Waals surface area contributed by atoms with E-state index < -0.39 is 0 Å². The molecule has 2 amide bonds. The number of aromatic nitrogens is 1. The number of pyridine rings is 1. The second-order valence-corrected chi connectivity index (χ2v) is 5.62. The number of ether oxygens (including phenoxy) is 1. The number of nitrogens with zero attached hydrogens (tertiary/aromatic N) is 1. The number of urea groups is 1. The number of carbonyl (C=O) groups excluding carboxylic acids is 1. The molecule has 2 rings (SSSR count). The average molecular weight is 313 g/mol. The van der Waals surface area contributed by atoms with Gasteiger partial charge in [-0.2, -0.15) is 0 Å². The van der Waals surface area contributed by atoms with Crippen molar-refractivity contribution in [3.05, 3.63) is 58.8 Å². The third kappa shape index (κ3) is 4.71. The van der Waals surface area contributed by atoms with Crippen LogP contribution >= 0.6 is 0 Å². The van der Waals surface area contributed by atoms with Crippen LogP contribution in [0.3, 0.4) is 0 Å². The Bertz CT molecular complexity index is 668. The number of methoxy groups -OCH3 is 1. The molecule has 0 aliphatic carbocycles. The molecular weight excluding hydrogens is 290 g/mol. The first kappa shape index (κ1) is 16.8. The van der Waals surface area contributed by atoms with Crippen LogP contribution < -0.4 is 15.4 Å². The van der Waals surface area contributed by atoms with Crippen LogP contribution in [0.1, 0.15) is 35.2 Å². The maximum atomic E-state index is 12.1. The fourth-order valence-corrected chi connectivity index (χ4v) is 2.37. The lowest BCUT2D eigenvalue weighted by atomic mass is 10.0. The monoisotopic (exact) mass is 313 g/mol. The number of hydrogen-bond acceptors (Lipinski definition) is 3. The molecule has 0 aliphatic heterocycles. The van der Waals surface area contributed by atoms with Gasteiger partial charge in [-0.1, -0.05) is 29.8 Å². The number of amides is 2. The largest absolute Gasteiger partial charge is 0.481 e. The van der Waals surface area contributed by atoms with Gasteiger partial charge in [0, 0.05) is 18.8 Å². The minimum Gasteiger partial charge on any atom is -0.481 e. The van der Waals surface area contributed by atoms with Gasteiger partial charge in [0.1, 0.15) is 0 Å². The van der Waals surface area contributed by atoms with Crippen LogP contribution in [0.5, 0.6) is 5.88 Å². The summed E-state index contributed by atoms with van der Waals surface area (Å²) in [6.07, 6.45) is 1.69. The van der Waals surface area contributed by atoms with Crippen LogP contribution in [0.4, 0.5) is 4.79 Å². The molecule has 23 heavy (non-hydrogen) atoms. The minimum atomic E-state index is -0.200. The van der Waals surface area contributed by atoms with Gasteiger partial charge in [0.25, 0.3) is 0 Å². The van der Waals surface area contributed by atoms with E-state index in [-0.39, 0.29) is 12.1 Å². The van der Waals surface area contributed by atoms with Crippen molar-refractivity contribution < 1.29 is 9.53 Å². The van der Waals surface area contributed by atoms with Crippen LogP contribution in [-0.4, -0.2) is 18.1 Å². The minimum absolute atomic E-state index is 0.0520. The van der Waals surface area contributed by atoms with Crippen molar-refractivity contribution in [2.45, 2.75) is 33.4 Å². The van der Waals surface area contributed by atoms with Crippen LogP contribution in [0.2, 0.25) is 0 Å². The Morgan fingerprint density at radius 2 is 2.04 bits per heavy atom. The fraction of sp³-hybridized carbons (Fsp3) is 0.333. The number of rotatable bonds is 5. The van der Waals surface area contributed by atoms with Crippen molar-refractivity contribution in [2.75, 3.05) is 7.11 Å². The fourth-order valence-electron chi connectivity index (χ4n) is 2.37. The van der Waals surface area contributed by atoms with Crippen molar-refractivity contribution in [1.82, 2.24) is 15.6 Å². The third-order valence-electron chi connectivity index (χ3n) is 3.71. The van der Waals surface area contributed by atoms with E-state index in [4.69, 9.17) is 4.74 Å². The van der Waals surface area contributed by atoms with Crippen molar-refractivity contribution in [1.29, 1.82) is 0 Å². The quantitative estimate of drug-likeness (QED) is 0.890. The summed E-state index contributed by atoms with van der Waals surface area (Å²) in [5.41, 5.74) is 4.40. The number of aryl methyl sites for hydroxylation is 2. The Morgan fingerprint density at radius 1 is 1.26 bits per heavy atom. The lowest BCUT2D eigenvalue weighted by Gasteiger charge is -2.18. The predicted octanol–water partition coefficient (Wildman–Crippen LogP) is 3.27. The van der Waals surface area contributed by atoms with Gasteiger partial charge in [-0.3, -0.25) is 0 Å². The van der Waals surface area contributed by atoms with Gasteiger partial charge in [-0.25, -0.2) is 9.78 Å². The first-order valence-corrected chi connectivity index (χ1v) is 7.60. The zero-order valence-corrected chi connectivity index (χ0v) is 14.0. The smallest absolute Gasteiger partial charge is 0.315 e. The summed E-state index contributed by atoms with van der Waals surface area (Å²) >= 11 is 0. The molecule has 0 radical (unpaired) electrons. The molecule has 1 atom stereocenters. The van der Waals surface area contributed by atoms with Gasteiger partial charge < -0.3 is 15.4 Å². The van der Waals surface area contributed by atoms with Crippen molar-refractivity contribution >= 4 is 6.03 Å². The standard InChI is InChI=1S/C18H23N3O2/c1-12-5-6-13(2)16(9-12)14(3)21-18(22)20-11-15-7-8-17(23-4)19-10-15/h5-10,14H,11H2,1-4H3,(H2,20,21,22). The zero-order chi connectivity index (χ0) is 16.8. The van der Waals surface area contributed by atoms with Crippen molar-refractivity contribution in [3.63, 3.8) is 0 Å². The summed E-state index contributed by atoms with van der Waals surface area (Å²) in [6, 6.07) is 9.64. The Balaban J connectivity index is 1.89. The van der Waals surface area contributed by atoms with E-state index in [0.717, 1.165) is 11.1 Å². The summed E-state index contributed by atoms with van der Waals surface area (Å²) in [5.74, 6) is 0.557. The van der Waals surface area contributed by atoms with Crippen molar-refractivity contribution in [3.8, 4) is 5.88 Å². The van der Waals surface area contributed by atoms with Crippen LogP contribution in [0.25, 0.3) is 0 Å². The highest BCUT2D eigenvalue weighted by Crippen LogP contribution is 2.18. The molecule has 0 spiro atoms. The number of hydrogen-bond donors (Lipinski definition) is 2. The van der Waals surface area contributed by atoms with Gasteiger partial charge in [-0.15, -0.1) is 0 Å². The molecule has 0 saturated heterocycles. The Kier molecular flexibility index (Phi) is 5.57. The lowest BCUT2D eigenvalue weighted by Crippen LogP contribution is -2.36. The Morgan fingerprint density at radius 3 is 2.70 bits per heavy atom. The highest BCUT2D eigenvalue weighted by molar-refractivity contribution is 5.74. The van der Waals surface area contributed by atoms with E-state index in [0.29, 0.717) is 12.4 Å². The highest BCUT2D eigenvalue weighted by Gasteiger charge is 2.11. The molecule has 1 aromatic carbocycles. The summed E-state index contributed by atoms with van der Waals surface area (Å²) in [4.78, 5) is 16.2. The normalized spacial score (nSPS) is 11.7. The van der Waals surface area contributed by atoms with E-state index in [9.17, 15) is 4.79 Å². The summed E-state index contributed by atoms with van der Waals surface area (Å²) in [7, 11) is 1.57. The van der Waals surface area contributed by atoms with Gasteiger partial charge in [0.2, 0.25) is 5.88 Å². The summed E-state index contributed by atoms with van der Waals surface area (Å²) in [6.45, 7) is 6.50. The molecule has 0 saturated carbocycles. The van der Waals surface area contributed by atoms with E-state index in [2.05, 4.69) is 33.8 Å². The van der Waals surface area contributed by atoms with Crippen molar-refractivity contribution in [2.24, 2.45) is 0 Å². The maximum Gasteiger partial charge on any atom is 0.315 e. The number of nitrogens with one attached hydrogen (secondary N) is 2. The molecule has 5 heteroatoms. The molecule has 1 heterocycles. The third-order valence-corrected chi connectivity index (χ3v) is 3.71. The number of benzene rings is 1. The molecule has 2 N–H and O–H groups in total. The van der Waals surface area contributed by atoms with Gasteiger partial charge >= 0.3 is 6.03 Å². The van der Waals surface area contributed by atoms with Crippen LogP contribution in [0, 0.1) is 13.8 Å². The molecule has 0 aliphatic rings. The van der Waals surface area contributed by atoms with E-state index >= 15 is 0 Å². The molecule has 122 valence electrons. The van der Waals surface area contributed by atoms with E-state index in [1.165, 1.54) is 11.1 Å². The number of carbonyl (C=O) groups is 1. The summed E-state index contributed by atoms with van der Waals surface area (Å²) < 4.78 is 5.01. The average Bonchev–Trinajstić information content (AvgIpc) is 2.55. The van der Waals surface area contributed by atoms with Gasteiger partial charge in [-0.05, 0) is 37.5 Å². The molecule has 0 bridgehead atoms. The van der Waals surface area contributed by atoms with Crippen LogP contribution in [-0.2, 0) is 6.54 Å².